The van der Waals surface area contributed by atoms with Crippen molar-refractivity contribution >= 4 is 5.97 Å². The molecule has 0 aromatic rings. The molecule has 0 spiro atoms. The van der Waals surface area contributed by atoms with Gasteiger partial charge in [0, 0.05) is 12.1 Å². The predicted molar refractivity (Wildman–Crippen MR) is 45.9 cm³/mol. The molecular formula is C8H15NO3. The van der Waals surface area contributed by atoms with Crippen LogP contribution in [0.3, 0.4) is 0 Å². The van der Waals surface area contributed by atoms with Crippen LogP contribution in [0.2, 0.25) is 0 Å². The van der Waals surface area contributed by atoms with Gasteiger partial charge in [-0.15, -0.1) is 0 Å². The van der Waals surface area contributed by atoms with Crippen LogP contribution in [0.4, 0.5) is 0 Å². The highest BCUT2D eigenvalue weighted by Gasteiger charge is 2.02. The van der Waals surface area contributed by atoms with E-state index in [1.807, 2.05) is 0 Å². The zero-order valence-electron chi connectivity index (χ0n) is 7.21. The molecule has 12 heavy (non-hydrogen) atoms. The Kier molecular flexibility index (Phi) is 5.32. The zero-order chi connectivity index (χ0) is 9.56. The summed E-state index contributed by atoms with van der Waals surface area (Å²) in [6.07, 6.45) is 0.267. The van der Waals surface area contributed by atoms with E-state index in [0.717, 1.165) is 0 Å². The first-order valence-corrected chi connectivity index (χ1v) is 3.84. The molecule has 0 aromatic heterocycles. The van der Waals surface area contributed by atoms with Gasteiger partial charge in [-0.25, -0.2) is 4.79 Å². The van der Waals surface area contributed by atoms with Crippen molar-refractivity contribution in [1.29, 1.82) is 0 Å². The number of nitrogens with one attached hydrogen (secondary N) is 1. The van der Waals surface area contributed by atoms with Crippen LogP contribution in [0.25, 0.3) is 0 Å². The van der Waals surface area contributed by atoms with E-state index in [9.17, 15) is 4.79 Å². The van der Waals surface area contributed by atoms with Crippen LogP contribution in [0.5, 0.6) is 0 Å². The lowest BCUT2D eigenvalue weighted by Crippen LogP contribution is -2.23. The van der Waals surface area contributed by atoms with Crippen LogP contribution in [-0.2, 0) is 4.79 Å². The van der Waals surface area contributed by atoms with Crippen LogP contribution in [0, 0.1) is 0 Å². The molecule has 1 unspecified atom stereocenters. The van der Waals surface area contributed by atoms with Gasteiger partial charge < -0.3 is 15.5 Å². The first-order valence-electron chi connectivity index (χ1n) is 3.84. The number of aliphatic hydroxyl groups is 1. The Labute approximate surface area is 71.9 Å². The van der Waals surface area contributed by atoms with Gasteiger partial charge in [-0.05, 0) is 19.9 Å². The second kappa shape index (κ2) is 5.74. The van der Waals surface area contributed by atoms with E-state index in [2.05, 4.69) is 11.9 Å². The highest BCUT2D eigenvalue weighted by Crippen LogP contribution is 1.89. The quantitative estimate of drug-likeness (QED) is 0.390. The number of carboxylic acids is 1. The third kappa shape index (κ3) is 5.88. The number of aliphatic carboxylic acids is 1. The summed E-state index contributed by atoms with van der Waals surface area (Å²) in [7, 11) is 0. The minimum atomic E-state index is -0.987. The van der Waals surface area contributed by atoms with Crippen LogP contribution in [-0.4, -0.2) is 35.4 Å². The first kappa shape index (κ1) is 11.1. The molecule has 0 heterocycles. The van der Waals surface area contributed by atoms with Gasteiger partial charge >= 0.3 is 5.97 Å². The van der Waals surface area contributed by atoms with Crippen molar-refractivity contribution in [1.82, 2.24) is 5.32 Å². The maximum absolute atomic E-state index is 10.2. The van der Waals surface area contributed by atoms with E-state index in [-0.39, 0.29) is 18.2 Å². The van der Waals surface area contributed by atoms with Crippen LogP contribution in [0.15, 0.2) is 12.2 Å². The molecule has 1 atom stereocenters. The molecule has 0 aromatic carbocycles. The lowest BCUT2D eigenvalue weighted by atomic mass is 10.2. The van der Waals surface area contributed by atoms with Gasteiger partial charge in [0.2, 0.25) is 0 Å². The summed E-state index contributed by atoms with van der Waals surface area (Å²) in [6.45, 7) is 5.90. The van der Waals surface area contributed by atoms with Crippen molar-refractivity contribution in [2.24, 2.45) is 0 Å². The molecule has 4 heteroatoms. The predicted octanol–water partition coefficient (Wildman–Crippen LogP) is -0.0123. The number of hydrogen-bond donors (Lipinski definition) is 3. The van der Waals surface area contributed by atoms with Gasteiger partial charge in [0.1, 0.15) is 0 Å². The summed E-state index contributed by atoms with van der Waals surface area (Å²) in [5, 5.41) is 20.1. The van der Waals surface area contributed by atoms with Gasteiger partial charge in [-0.3, -0.25) is 0 Å². The Bertz CT molecular complexity index is 166. The molecule has 4 nitrogen and oxygen atoms in total. The lowest BCUT2D eigenvalue weighted by molar-refractivity contribution is -0.132. The number of rotatable bonds is 6. The van der Waals surface area contributed by atoms with Gasteiger partial charge in [-0.1, -0.05) is 6.58 Å². The van der Waals surface area contributed by atoms with Crippen LogP contribution >= 0.6 is 0 Å². The van der Waals surface area contributed by atoms with E-state index >= 15 is 0 Å². The van der Waals surface area contributed by atoms with E-state index < -0.39 is 5.97 Å². The van der Waals surface area contributed by atoms with Crippen molar-refractivity contribution in [3.05, 3.63) is 12.2 Å². The third-order valence-electron chi connectivity index (χ3n) is 1.38. The summed E-state index contributed by atoms with van der Waals surface area (Å²) < 4.78 is 0. The molecule has 0 saturated carbocycles. The van der Waals surface area contributed by atoms with Gasteiger partial charge in [0.05, 0.1) is 6.10 Å². The molecule has 0 radical (unpaired) electrons. The first-order chi connectivity index (χ1) is 5.54. The zero-order valence-corrected chi connectivity index (χ0v) is 7.21. The summed E-state index contributed by atoms with van der Waals surface area (Å²) >= 11 is 0. The normalized spacial score (nSPS) is 12.5. The van der Waals surface area contributed by atoms with Crippen molar-refractivity contribution in [2.75, 3.05) is 13.1 Å². The number of carbonyl (C=O) groups is 1. The van der Waals surface area contributed by atoms with Crippen molar-refractivity contribution < 1.29 is 15.0 Å². The van der Waals surface area contributed by atoms with Gasteiger partial charge in [0.15, 0.2) is 0 Å². The standard InChI is InChI=1S/C8H15NO3/c1-6(8(11)12)5-9-4-3-7(2)10/h7,9-10H,1,3-5H2,2H3,(H,11,12). The molecule has 70 valence electrons. The third-order valence-corrected chi connectivity index (χ3v) is 1.38. The Morgan fingerprint density at radius 1 is 1.67 bits per heavy atom. The molecule has 0 aliphatic heterocycles. The Morgan fingerprint density at radius 3 is 2.67 bits per heavy atom. The SMILES string of the molecule is C=C(CNCCC(C)O)C(=O)O. The Balaban J connectivity index is 3.32. The van der Waals surface area contributed by atoms with E-state index in [4.69, 9.17) is 10.2 Å². The fourth-order valence-electron chi connectivity index (χ4n) is 0.626. The number of aliphatic hydroxyl groups excluding tert-OH is 1. The van der Waals surface area contributed by atoms with E-state index in [0.29, 0.717) is 13.0 Å². The average Bonchev–Trinajstić information content (AvgIpc) is 1.97. The fourth-order valence-corrected chi connectivity index (χ4v) is 0.626. The van der Waals surface area contributed by atoms with Crippen LogP contribution in [0.1, 0.15) is 13.3 Å². The fraction of sp³-hybridized carbons (Fsp3) is 0.625. The highest BCUT2D eigenvalue weighted by atomic mass is 16.4. The molecule has 0 aliphatic carbocycles. The number of carboxylic acid groups (broad SMARTS) is 1. The second-order valence-electron chi connectivity index (χ2n) is 2.72. The molecule has 0 rings (SSSR count). The smallest absolute Gasteiger partial charge is 0.332 e. The minimum absolute atomic E-state index is 0.139. The lowest BCUT2D eigenvalue weighted by Gasteiger charge is -2.05. The highest BCUT2D eigenvalue weighted by molar-refractivity contribution is 5.86. The molecule has 0 saturated heterocycles. The Morgan fingerprint density at radius 2 is 2.25 bits per heavy atom. The van der Waals surface area contributed by atoms with Gasteiger partial charge in [0.25, 0.3) is 0 Å². The largest absolute Gasteiger partial charge is 0.478 e. The summed E-state index contributed by atoms with van der Waals surface area (Å²) in [6, 6.07) is 0. The second-order valence-corrected chi connectivity index (χ2v) is 2.72. The summed E-state index contributed by atoms with van der Waals surface area (Å²) in [5.74, 6) is -0.987. The summed E-state index contributed by atoms with van der Waals surface area (Å²) in [4.78, 5) is 10.2. The average molecular weight is 173 g/mol. The molecule has 0 bridgehead atoms. The Hall–Kier alpha value is -0.870. The van der Waals surface area contributed by atoms with E-state index in [1.54, 1.807) is 6.92 Å². The summed E-state index contributed by atoms with van der Waals surface area (Å²) in [5.41, 5.74) is 0.139. The maximum Gasteiger partial charge on any atom is 0.332 e. The van der Waals surface area contributed by atoms with E-state index in [1.165, 1.54) is 0 Å². The van der Waals surface area contributed by atoms with Crippen LogP contribution < -0.4 is 5.32 Å². The molecule has 0 amide bonds. The molecule has 3 N–H and O–H groups in total. The molecule has 0 fully saturated rings. The minimum Gasteiger partial charge on any atom is -0.478 e. The van der Waals surface area contributed by atoms with Crippen molar-refractivity contribution in [3.63, 3.8) is 0 Å². The number of hydrogen-bond acceptors (Lipinski definition) is 3. The van der Waals surface area contributed by atoms with Gasteiger partial charge in [-0.2, -0.15) is 0 Å². The van der Waals surface area contributed by atoms with Crippen molar-refractivity contribution in [2.45, 2.75) is 19.4 Å². The molecule has 0 aliphatic rings. The maximum atomic E-state index is 10.2. The monoisotopic (exact) mass is 173 g/mol. The molecular weight excluding hydrogens is 158 g/mol. The van der Waals surface area contributed by atoms with Crippen molar-refractivity contribution in [3.8, 4) is 0 Å². The topological polar surface area (TPSA) is 69.6 Å².